The minimum atomic E-state index is 0.0432. The molecule has 0 unspecified atom stereocenters. The van der Waals surface area contributed by atoms with E-state index >= 15 is 0 Å². The molecule has 1 spiro atoms. The SMILES string of the molecule is O=C1CC2(CCCCC2)NCCNCCCNCCN1. The van der Waals surface area contributed by atoms with Gasteiger partial charge in [-0.3, -0.25) is 4.79 Å². The smallest absolute Gasteiger partial charge is 0.221 e. The number of hydrogen-bond acceptors (Lipinski definition) is 4. The van der Waals surface area contributed by atoms with Crippen LogP contribution < -0.4 is 21.3 Å². The van der Waals surface area contributed by atoms with Crippen molar-refractivity contribution in [3.63, 3.8) is 0 Å². The number of carbonyl (C=O) groups is 1. The van der Waals surface area contributed by atoms with E-state index in [-0.39, 0.29) is 11.4 Å². The van der Waals surface area contributed by atoms with Gasteiger partial charge in [-0.15, -0.1) is 0 Å². The van der Waals surface area contributed by atoms with E-state index in [0.29, 0.717) is 6.42 Å². The first kappa shape index (κ1) is 15.7. The molecule has 5 nitrogen and oxygen atoms in total. The van der Waals surface area contributed by atoms with Crippen molar-refractivity contribution in [2.24, 2.45) is 0 Å². The maximum Gasteiger partial charge on any atom is 0.221 e. The summed E-state index contributed by atoms with van der Waals surface area (Å²) < 4.78 is 0. The Morgan fingerprint density at radius 3 is 2.20 bits per heavy atom. The second-order valence-corrected chi connectivity index (χ2v) is 6.15. The van der Waals surface area contributed by atoms with Crippen molar-refractivity contribution in [3.05, 3.63) is 0 Å². The average Bonchev–Trinajstić information content (AvgIpc) is 2.45. The maximum absolute atomic E-state index is 12.1. The molecule has 1 heterocycles. The molecule has 1 aliphatic heterocycles. The summed E-state index contributed by atoms with van der Waals surface area (Å²) in [6.07, 6.45) is 7.85. The van der Waals surface area contributed by atoms with E-state index in [4.69, 9.17) is 0 Å². The molecule has 0 aromatic heterocycles. The van der Waals surface area contributed by atoms with Crippen LogP contribution in [0.25, 0.3) is 0 Å². The molecule has 0 radical (unpaired) electrons. The van der Waals surface area contributed by atoms with E-state index in [1.807, 2.05) is 0 Å². The number of rotatable bonds is 0. The molecular weight excluding hydrogens is 252 g/mol. The topological polar surface area (TPSA) is 65.2 Å². The predicted octanol–water partition coefficient (Wildman–Crippen LogP) is 0.368. The Bertz CT molecular complexity index is 290. The summed E-state index contributed by atoms with van der Waals surface area (Å²) in [5.41, 5.74) is 0.0432. The summed E-state index contributed by atoms with van der Waals surface area (Å²) in [6.45, 7) is 5.63. The summed E-state index contributed by atoms with van der Waals surface area (Å²) in [7, 11) is 0. The van der Waals surface area contributed by atoms with E-state index in [2.05, 4.69) is 21.3 Å². The first-order chi connectivity index (χ1) is 9.81. The number of amides is 1. The standard InChI is InChI=1S/C15H30N4O/c20-14-13-15(5-2-1-3-6-15)19-12-10-17-8-4-7-16-9-11-18-14/h16-17,19H,1-13H2,(H,18,20). The molecule has 2 rings (SSSR count). The maximum atomic E-state index is 12.1. The Morgan fingerprint density at radius 2 is 1.45 bits per heavy atom. The van der Waals surface area contributed by atoms with Gasteiger partial charge in [-0.05, 0) is 32.4 Å². The van der Waals surface area contributed by atoms with E-state index in [9.17, 15) is 4.79 Å². The highest BCUT2D eigenvalue weighted by Crippen LogP contribution is 2.30. The molecule has 5 heteroatoms. The molecule has 2 aliphatic rings. The highest BCUT2D eigenvalue weighted by molar-refractivity contribution is 5.77. The Morgan fingerprint density at radius 1 is 0.750 bits per heavy atom. The molecule has 1 amide bonds. The summed E-state index contributed by atoms with van der Waals surface area (Å²) in [5, 5.41) is 13.6. The highest BCUT2D eigenvalue weighted by atomic mass is 16.1. The monoisotopic (exact) mass is 282 g/mol. The third-order valence-corrected chi connectivity index (χ3v) is 4.44. The lowest BCUT2D eigenvalue weighted by Crippen LogP contribution is -2.52. The fraction of sp³-hybridized carbons (Fsp3) is 0.933. The fourth-order valence-corrected chi connectivity index (χ4v) is 3.31. The average molecular weight is 282 g/mol. The molecule has 0 aromatic rings. The van der Waals surface area contributed by atoms with Gasteiger partial charge in [0.1, 0.15) is 0 Å². The van der Waals surface area contributed by atoms with E-state index in [0.717, 1.165) is 58.5 Å². The third kappa shape index (κ3) is 5.38. The molecule has 2 fully saturated rings. The van der Waals surface area contributed by atoms with Crippen molar-refractivity contribution in [1.29, 1.82) is 0 Å². The number of nitrogens with one attached hydrogen (secondary N) is 4. The van der Waals surface area contributed by atoms with Gasteiger partial charge in [0.2, 0.25) is 5.91 Å². The van der Waals surface area contributed by atoms with E-state index < -0.39 is 0 Å². The highest BCUT2D eigenvalue weighted by Gasteiger charge is 2.33. The Hall–Kier alpha value is -0.650. The molecule has 1 saturated carbocycles. The van der Waals surface area contributed by atoms with Crippen LogP contribution in [-0.4, -0.2) is 50.7 Å². The van der Waals surface area contributed by atoms with Crippen molar-refractivity contribution in [2.75, 3.05) is 39.3 Å². The van der Waals surface area contributed by atoms with Gasteiger partial charge in [0.15, 0.2) is 0 Å². The van der Waals surface area contributed by atoms with Crippen LogP contribution in [0.3, 0.4) is 0 Å². The molecule has 1 aliphatic carbocycles. The molecule has 116 valence electrons. The quantitative estimate of drug-likeness (QED) is 0.518. The fourth-order valence-electron chi connectivity index (χ4n) is 3.31. The molecule has 0 bridgehead atoms. The van der Waals surface area contributed by atoms with Crippen molar-refractivity contribution < 1.29 is 4.79 Å². The first-order valence-corrected chi connectivity index (χ1v) is 8.24. The lowest BCUT2D eigenvalue weighted by molar-refractivity contribution is -0.122. The zero-order chi connectivity index (χ0) is 14.1. The minimum Gasteiger partial charge on any atom is -0.355 e. The summed E-state index contributed by atoms with van der Waals surface area (Å²) in [4.78, 5) is 12.1. The van der Waals surface area contributed by atoms with Crippen LogP contribution in [0.1, 0.15) is 44.9 Å². The van der Waals surface area contributed by atoms with Gasteiger partial charge in [0.05, 0.1) is 0 Å². The lowest BCUT2D eigenvalue weighted by atomic mass is 9.79. The van der Waals surface area contributed by atoms with Gasteiger partial charge in [-0.1, -0.05) is 19.3 Å². The summed E-state index contributed by atoms with van der Waals surface area (Å²) in [5.74, 6) is 0.200. The van der Waals surface area contributed by atoms with Crippen LogP contribution in [0.15, 0.2) is 0 Å². The zero-order valence-corrected chi connectivity index (χ0v) is 12.6. The third-order valence-electron chi connectivity index (χ3n) is 4.44. The first-order valence-electron chi connectivity index (χ1n) is 8.24. The Labute approximate surface area is 122 Å². The van der Waals surface area contributed by atoms with Crippen molar-refractivity contribution in [3.8, 4) is 0 Å². The van der Waals surface area contributed by atoms with Crippen LogP contribution in [0.2, 0.25) is 0 Å². The molecule has 4 N–H and O–H groups in total. The van der Waals surface area contributed by atoms with Crippen LogP contribution in [0, 0.1) is 0 Å². The molecular formula is C15H30N4O. The predicted molar refractivity (Wildman–Crippen MR) is 81.8 cm³/mol. The van der Waals surface area contributed by atoms with Crippen LogP contribution in [0.5, 0.6) is 0 Å². The van der Waals surface area contributed by atoms with Gasteiger partial charge in [0.25, 0.3) is 0 Å². The lowest BCUT2D eigenvalue weighted by Gasteiger charge is -2.38. The molecule has 0 atom stereocenters. The molecule has 20 heavy (non-hydrogen) atoms. The largest absolute Gasteiger partial charge is 0.355 e. The van der Waals surface area contributed by atoms with Crippen LogP contribution in [-0.2, 0) is 4.79 Å². The van der Waals surface area contributed by atoms with Crippen molar-refractivity contribution in [1.82, 2.24) is 21.3 Å². The van der Waals surface area contributed by atoms with Crippen LogP contribution in [0.4, 0.5) is 0 Å². The Balaban J connectivity index is 1.88. The second kappa shape index (κ2) is 8.60. The minimum absolute atomic E-state index is 0.0432. The summed E-state index contributed by atoms with van der Waals surface area (Å²) >= 11 is 0. The zero-order valence-electron chi connectivity index (χ0n) is 12.6. The van der Waals surface area contributed by atoms with Gasteiger partial charge >= 0.3 is 0 Å². The second-order valence-electron chi connectivity index (χ2n) is 6.15. The van der Waals surface area contributed by atoms with E-state index in [1.54, 1.807) is 0 Å². The van der Waals surface area contributed by atoms with Crippen molar-refractivity contribution >= 4 is 5.91 Å². The van der Waals surface area contributed by atoms with Gasteiger partial charge < -0.3 is 21.3 Å². The van der Waals surface area contributed by atoms with E-state index in [1.165, 1.54) is 19.3 Å². The van der Waals surface area contributed by atoms with Gasteiger partial charge in [0, 0.05) is 38.1 Å². The molecule has 1 saturated heterocycles. The summed E-state index contributed by atoms with van der Waals surface area (Å²) in [6, 6.07) is 0. The molecule has 0 aromatic carbocycles. The van der Waals surface area contributed by atoms with Gasteiger partial charge in [-0.25, -0.2) is 0 Å². The Kier molecular flexibility index (Phi) is 6.76. The van der Waals surface area contributed by atoms with Gasteiger partial charge in [-0.2, -0.15) is 0 Å². The number of hydrogen-bond donors (Lipinski definition) is 4. The van der Waals surface area contributed by atoms with Crippen molar-refractivity contribution in [2.45, 2.75) is 50.5 Å². The van der Waals surface area contributed by atoms with Crippen LogP contribution >= 0.6 is 0 Å². The normalized spacial score (nSPS) is 26.7. The number of carbonyl (C=O) groups excluding carboxylic acids is 1.